The van der Waals surface area contributed by atoms with Gasteiger partial charge >= 0.3 is 5.97 Å². The number of ether oxygens (including phenoxy) is 1. The standard InChI is InChI=1S/C14H24FNO3/c1-11-3-5-13(18,6-4-11)9-16-8-7-14(15,10-16)12(17)19-2/h11,18H,3-10H2,1-2H3. The van der Waals surface area contributed by atoms with Gasteiger partial charge in [-0.2, -0.15) is 0 Å². The summed E-state index contributed by atoms with van der Waals surface area (Å²) in [6, 6.07) is 0. The van der Waals surface area contributed by atoms with E-state index in [-0.39, 0.29) is 13.0 Å². The van der Waals surface area contributed by atoms with Crippen molar-refractivity contribution in [2.75, 3.05) is 26.7 Å². The highest BCUT2D eigenvalue weighted by Crippen LogP contribution is 2.35. The molecule has 0 aromatic rings. The molecular weight excluding hydrogens is 249 g/mol. The topological polar surface area (TPSA) is 49.8 Å². The summed E-state index contributed by atoms with van der Waals surface area (Å²) in [6.07, 6.45) is 3.72. The van der Waals surface area contributed by atoms with Gasteiger partial charge in [0, 0.05) is 26.1 Å². The van der Waals surface area contributed by atoms with Crippen molar-refractivity contribution in [1.29, 1.82) is 0 Å². The zero-order valence-electron chi connectivity index (χ0n) is 11.8. The maximum Gasteiger partial charge on any atom is 0.345 e. The molecule has 1 saturated heterocycles. The molecule has 1 saturated carbocycles. The summed E-state index contributed by atoms with van der Waals surface area (Å²) >= 11 is 0. The molecule has 19 heavy (non-hydrogen) atoms. The number of alkyl halides is 1. The lowest BCUT2D eigenvalue weighted by Gasteiger charge is -2.37. The molecule has 1 atom stereocenters. The number of hydrogen-bond donors (Lipinski definition) is 1. The number of carbonyl (C=O) groups is 1. The summed E-state index contributed by atoms with van der Waals surface area (Å²) in [5.41, 5.74) is -2.61. The molecule has 5 heteroatoms. The number of halogens is 1. The number of β-amino-alcohol motifs (C(OH)–C–C–N with tert-alkyl or cyclic N) is 1. The van der Waals surface area contributed by atoms with Crippen molar-refractivity contribution in [2.24, 2.45) is 5.92 Å². The fraction of sp³-hybridized carbons (Fsp3) is 0.929. The zero-order chi connectivity index (χ0) is 14.1. The maximum absolute atomic E-state index is 14.3. The van der Waals surface area contributed by atoms with Gasteiger partial charge in [-0.3, -0.25) is 4.90 Å². The summed E-state index contributed by atoms with van der Waals surface area (Å²) in [4.78, 5) is 13.3. The minimum absolute atomic E-state index is 0.0392. The van der Waals surface area contributed by atoms with Crippen molar-refractivity contribution in [2.45, 2.75) is 50.3 Å². The molecule has 4 nitrogen and oxygen atoms in total. The van der Waals surface area contributed by atoms with Crippen LogP contribution in [0, 0.1) is 5.92 Å². The van der Waals surface area contributed by atoms with Gasteiger partial charge in [-0.1, -0.05) is 6.92 Å². The number of aliphatic hydroxyl groups is 1. The Balaban J connectivity index is 1.90. The number of rotatable bonds is 3. The third kappa shape index (κ3) is 3.26. The van der Waals surface area contributed by atoms with E-state index in [1.54, 1.807) is 0 Å². The quantitative estimate of drug-likeness (QED) is 0.792. The van der Waals surface area contributed by atoms with Crippen molar-refractivity contribution >= 4 is 5.97 Å². The molecule has 0 amide bonds. The molecule has 2 aliphatic rings. The van der Waals surface area contributed by atoms with Crippen molar-refractivity contribution < 1.29 is 19.0 Å². The third-order valence-electron chi connectivity index (χ3n) is 4.57. The van der Waals surface area contributed by atoms with Crippen LogP contribution in [0.3, 0.4) is 0 Å². The molecule has 1 aliphatic heterocycles. The second-order valence-corrected chi connectivity index (χ2v) is 6.32. The van der Waals surface area contributed by atoms with E-state index in [9.17, 15) is 14.3 Å². The molecule has 1 N–H and O–H groups in total. The van der Waals surface area contributed by atoms with Crippen LogP contribution in [0.25, 0.3) is 0 Å². The van der Waals surface area contributed by atoms with Gasteiger partial charge < -0.3 is 9.84 Å². The molecule has 2 rings (SSSR count). The predicted octanol–water partition coefficient (Wildman–Crippen LogP) is 1.51. The molecule has 0 aromatic carbocycles. The van der Waals surface area contributed by atoms with Gasteiger partial charge in [0.05, 0.1) is 12.7 Å². The van der Waals surface area contributed by atoms with Crippen LogP contribution in [0.4, 0.5) is 4.39 Å². The first kappa shape index (κ1) is 14.7. The second kappa shape index (κ2) is 5.37. The van der Waals surface area contributed by atoms with Crippen LogP contribution in [-0.2, 0) is 9.53 Å². The smallest absolute Gasteiger partial charge is 0.345 e. The average Bonchev–Trinajstić information content (AvgIpc) is 2.75. The normalized spacial score (nSPS) is 40.3. The Morgan fingerprint density at radius 1 is 1.42 bits per heavy atom. The maximum atomic E-state index is 14.3. The highest BCUT2D eigenvalue weighted by molar-refractivity contribution is 5.80. The molecule has 0 radical (unpaired) electrons. The highest BCUT2D eigenvalue weighted by Gasteiger charge is 2.48. The molecule has 0 spiro atoms. The Kier molecular flexibility index (Phi) is 4.16. The lowest BCUT2D eigenvalue weighted by molar-refractivity contribution is -0.154. The van der Waals surface area contributed by atoms with Crippen LogP contribution in [0.2, 0.25) is 0 Å². The SMILES string of the molecule is COC(=O)C1(F)CCN(CC2(O)CCC(C)CC2)C1. The fourth-order valence-corrected chi connectivity index (χ4v) is 3.21. The minimum atomic E-state index is -1.90. The molecule has 2 fully saturated rings. The summed E-state index contributed by atoms with van der Waals surface area (Å²) in [7, 11) is 1.21. The monoisotopic (exact) mass is 273 g/mol. The van der Waals surface area contributed by atoms with Crippen LogP contribution in [-0.4, -0.2) is 54.0 Å². The highest BCUT2D eigenvalue weighted by atomic mass is 19.1. The fourth-order valence-electron chi connectivity index (χ4n) is 3.21. The Hall–Kier alpha value is -0.680. The van der Waals surface area contributed by atoms with E-state index in [0.29, 0.717) is 19.0 Å². The summed E-state index contributed by atoms with van der Waals surface area (Å²) in [5, 5.41) is 10.5. The van der Waals surface area contributed by atoms with E-state index in [2.05, 4.69) is 11.7 Å². The lowest BCUT2D eigenvalue weighted by atomic mass is 9.79. The van der Waals surface area contributed by atoms with Gasteiger partial charge in [0.15, 0.2) is 0 Å². The summed E-state index contributed by atoms with van der Waals surface area (Å²) in [5.74, 6) is -0.131. The zero-order valence-corrected chi connectivity index (χ0v) is 11.8. The first-order valence-corrected chi connectivity index (χ1v) is 7.09. The molecule has 1 aliphatic carbocycles. The number of carbonyl (C=O) groups excluding carboxylic acids is 1. The van der Waals surface area contributed by atoms with Crippen LogP contribution in [0.1, 0.15) is 39.0 Å². The van der Waals surface area contributed by atoms with Crippen molar-refractivity contribution in [3.63, 3.8) is 0 Å². The number of esters is 1. The first-order chi connectivity index (χ1) is 8.87. The Bertz CT molecular complexity index is 342. The van der Waals surface area contributed by atoms with Crippen molar-refractivity contribution in [3.05, 3.63) is 0 Å². The van der Waals surface area contributed by atoms with Gasteiger partial charge in [0.25, 0.3) is 0 Å². The van der Waals surface area contributed by atoms with Gasteiger partial charge in [-0.05, 0) is 31.6 Å². The van der Waals surface area contributed by atoms with E-state index in [0.717, 1.165) is 25.7 Å². The van der Waals surface area contributed by atoms with Crippen LogP contribution in [0.5, 0.6) is 0 Å². The molecule has 0 bridgehead atoms. The first-order valence-electron chi connectivity index (χ1n) is 7.09. The van der Waals surface area contributed by atoms with E-state index in [1.165, 1.54) is 7.11 Å². The Morgan fingerprint density at radius 3 is 2.63 bits per heavy atom. The van der Waals surface area contributed by atoms with E-state index in [1.807, 2.05) is 4.90 Å². The molecule has 0 aromatic heterocycles. The van der Waals surface area contributed by atoms with Gasteiger partial charge in [0.1, 0.15) is 0 Å². The van der Waals surface area contributed by atoms with Gasteiger partial charge in [-0.15, -0.1) is 0 Å². The number of nitrogens with zero attached hydrogens (tertiary/aromatic N) is 1. The Labute approximate surface area is 113 Å². The van der Waals surface area contributed by atoms with Crippen molar-refractivity contribution in [3.8, 4) is 0 Å². The summed E-state index contributed by atoms with van der Waals surface area (Å²) < 4.78 is 18.8. The molecular formula is C14H24FNO3. The molecule has 1 heterocycles. The van der Waals surface area contributed by atoms with E-state index >= 15 is 0 Å². The summed E-state index contributed by atoms with van der Waals surface area (Å²) in [6.45, 7) is 3.20. The van der Waals surface area contributed by atoms with Crippen LogP contribution in [0.15, 0.2) is 0 Å². The van der Waals surface area contributed by atoms with Crippen molar-refractivity contribution in [1.82, 2.24) is 4.90 Å². The number of likely N-dealkylation sites (tertiary alicyclic amines) is 1. The van der Waals surface area contributed by atoms with Crippen LogP contribution < -0.4 is 0 Å². The lowest BCUT2D eigenvalue weighted by Crippen LogP contribution is -2.46. The Morgan fingerprint density at radius 2 is 2.05 bits per heavy atom. The van der Waals surface area contributed by atoms with E-state index in [4.69, 9.17) is 0 Å². The van der Waals surface area contributed by atoms with Gasteiger partial charge in [-0.25, -0.2) is 9.18 Å². The third-order valence-corrected chi connectivity index (χ3v) is 4.57. The minimum Gasteiger partial charge on any atom is -0.467 e. The number of hydrogen-bond acceptors (Lipinski definition) is 4. The second-order valence-electron chi connectivity index (χ2n) is 6.32. The average molecular weight is 273 g/mol. The van der Waals surface area contributed by atoms with Gasteiger partial charge in [0.2, 0.25) is 5.67 Å². The van der Waals surface area contributed by atoms with E-state index < -0.39 is 17.2 Å². The predicted molar refractivity (Wildman–Crippen MR) is 69.5 cm³/mol. The number of methoxy groups -OCH3 is 1. The molecule has 110 valence electrons. The van der Waals surface area contributed by atoms with Crippen LogP contribution >= 0.6 is 0 Å². The largest absolute Gasteiger partial charge is 0.467 e. The molecule has 1 unspecified atom stereocenters.